The molecule has 1 aromatic heterocycles. The SMILES string of the molecule is COC(=O)C1CCC(NC(=O)c2csc([C@@H](C[C@H](C(C)C)N(C)C(=O)[C@@H](C)C(C)C)OC(C)=O)n2)CC1. The van der Waals surface area contributed by atoms with Gasteiger partial charge in [0.2, 0.25) is 5.91 Å². The number of ether oxygens (including phenoxy) is 2. The van der Waals surface area contributed by atoms with Gasteiger partial charge in [-0.15, -0.1) is 11.3 Å². The Kier molecular flexibility index (Phi) is 11.5. The first-order valence-electron chi connectivity index (χ1n) is 13.1. The van der Waals surface area contributed by atoms with E-state index in [9.17, 15) is 19.2 Å². The molecule has 0 aromatic carbocycles. The minimum Gasteiger partial charge on any atom is -0.469 e. The van der Waals surface area contributed by atoms with Gasteiger partial charge in [-0.05, 0) is 37.5 Å². The molecule has 10 heteroatoms. The molecule has 1 heterocycles. The number of esters is 2. The highest BCUT2D eigenvalue weighted by Gasteiger charge is 2.33. The minimum absolute atomic E-state index is 0.0317. The molecule has 2 rings (SSSR count). The molecule has 1 fully saturated rings. The van der Waals surface area contributed by atoms with Crippen molar-refractivity contribution in [2.45, 2.75) is 91.8 Å². The third-order valence-electron chi connectivity index (χ3n) is 7.39. The summed E-state index contributed by atoms with van der Waals surface area (Å²) >= 11 is 1.27. The van der Waals surface area contributed by atoms with Crippen LogP contribution in [0.2, 0.25) is 0 Å². The second kappa shape index (κ2) is 13.9. The number of rotatable bonds is 11. The number of carbonyl (C=O) groups is 4. The first-order valence-corrected chi connectivity index (χ1v) is 14.0. The number of thiazole rings is 1. The van der Waals surface area contributed by atoms with Crippen molar-refractivity contribution in [3.05, 3.63) is 16.1 Å². The Bertz CT molecular complexity index is 938. The topological polar surface area (TPSA) is 115 Å². The van der Waals surface area contributed by atoms with Crippen molar-refractivity contribution < 1.29 is 28.7 Å². The largest absolute Gasteiger partial charge is 0.469 e. The van der Waals surface area contributed by atoms with Crippen LogP contribution in [-0.4, -0.2) is 59.9 Å². The summed E-state index contributed by atoms with van der Waals surface area (Å²) in [6, 6.07) is -0.208. The molecule has 0 aliphatic heterocycles. The van der Waals surface area contributed by atoms with Gasteiger partial charge in [0.15, 0.2) is 6.10 Å². The predicted molar refractivity (Wildman–Crippen MR) is 142 cm³/mol. The number of nitrogens with one attached hydrogen (secondary N) is 1. The van der Waals surface area contributed by atoms with E-state index in [0.717, 1.165) is 0 Å². The lowest BCUT2D eigenvalue weighted by Crippen LogP contribution is -2.44. The molecule has 208 valence electrons. The smallest absolute Gasteiger partial charge is 0.308 e. The quantitative estimate of drug-likeness (QED) is 0.417. The second-order valence-electron chi connectivity index (χ2n) is 10.7. The van der Waals surface area contributed by atoms with Crippen LogP contribution in [0.25, 0.3) is 0 Å². The van der Waals surface area contributed by atoms with Gasteiger partial charge in [0.05, 0.1) is 13.0 Å². The Morgan fingerprint density at radius 3 is 2.22 bits per heavy atom. The van der Waals surface area contributed by atoms with Crippen molar-refractivity contribution in [3.8, 4) is 0 Å². The van der Waals surface area contributed by atoms with E-state index in [-0.39, 0.29) is 59.2 Å². The normalized spacial score (nSPS) is 20.2. The number of nitrogens with zero attached hydrogens (tertiary/aromatic N) is 2. The van der Waals surface area contributed by atoms with Crippen LogP contribution in [0.3, 0.4) is 0 Å². The Balaban J connectivity index is 2.12. The van der Waals surface area contributed by atoms with Gasteiger partial charge in [0.1, 0.15) is 10.7 Å². The van der Waals surface area contributed by atoms with Gasteiger partial charge in [0, 0.05) is 43.8 Å². The summed E-state index contributed by atoms with van der Waals surface area (Å²) in [5, 5.41) is 5.21. The van der Waals surface area contributed by atoms with Crippen molar-refractivity contribution in [3.63, 3.8) is 0 Å². The third kappa shape index (κ3) is 8.51. The number of carbonyl (C=O) groups excluding carboxylic acids is 4. The fourth-order valence-corrected chi connectivity index (χ4v) is 5.54. The Hall–Kier alpha value is -2.49. The molecule has 1 N–H and O–H groups in total. The zero-order chi connectivity index (χ0) is 27.9. The monoisotopic (exact) mass is 537 g/mol. The maximum Gasteiger partial charge on any atom is 0.308 e. The fraction of sp³-hybridized carbons (Fsp3) is 0.741. The van der Waals surface area contributed by atoms with Gasteiger partial charge in [-0.25, -0.2) is 4.98 Å². The van der Waals surface area contributed by atoms with E-state index >= 15 is 0 Å². The molecule has 1 aromatic rings. The summed E-state index contributed by atoms with van der Waals surface area (Å²) in [5.74, 6) is -0.791. The Morgan fingerprint density at radius 1 is 1.08 bits per heavy atom. The average Bonchev–Trinajstić information content (AvgIpc) is 3.35. The number of hydrogen-bond donors (Lipinski definition) is 1. The lowest BCUT2D eigenvalue weighted by Gasteiger charge is -2.35. The highest BCUT2D eigenvalue weighted by Crippen LogP contribution is 2.31. The molecule has 9 nitrogen and oxygen atoms in total. The molecule has 2 amide bonds. The fourth-order valence-electron chi connectivity index (χ4n) is 4.71. The van der Waals surface area contributed by atoms with Gasteiger partial charge in [0.25, 0.3) is 5.91 Å². The van der Waals surface area contributed by atoms with Crippen molar-refractivity contribution >= 4 is 35.1 Å². The minimum atomic E-state index is -0.670. The van der Waals surface area contributed by atoms with Crippen LogP contribution >= 0.6 is 11.3 Å². The Labute approximate surface area is 224 Å². The molecule has 1 saturated carbocycles. The number of aromatic nitrogens is 1. The van der Waals surface area contributed by atoms with Gasteiger partial charge in [-0.2, -0.15) is 0 Å². The van der Waals surface area contributed by atoms with Crippen LogP contribution in [0.5, 0.6) is 0 Å². The molecule has 0 unspecified atom stereocenters. The lowest BCUT2D eigenvalue weighted by molar-refractivity contribution is -0.149. The highest BCUT2D eigenvalue weighted by molar-refractivity contribution is 7.09. The van der Waals surface area contributed by atoms with E-state index in [1.54, 1.807) is 17.3 Å². The van der Waals surface area contributed by atoms with Crippen LogP contribution in [0.4, 0.5) is 0 Å². The first kappa shape index (κ1) is 30.7. The molecule has 0 spiro atoms. The zero-order valence-electron chi connectivity index (χ0n) is 23.4. The molecule has 3 atom stereocenters. The Morgan fingerprint density at radius 2 is 1.70 bits per heavy atom. The average molecular weight is 538 g/mol. The maximum absolute atomic E-state index is 13.1. The number of amides is 2. The highest BCUT2D eigenvalue weighted by atomic mass is 32.1. The van der Waals surface area contributed by atoms with Crippen molar-refractivity contribution in [2.24, 2.45) is 23.7 Å². The molecule has 37 heavy (non-hydrogen) atoms. The van der Waals surface area contributed by atoms with Crippen LogP contribution < -0.4 is 5.32 Å². The van der Waals surface area contributed by atoms with E-state index in [0.29, 0.717) is 37.1 Å². The molecule has 1 aliphatic carbocycles. The molecule has 0 saturated heterocycles. The van der Waals surface area contributed by atoms with Crippen LogP contribution in [-0.2, 0) is 23.9 Å². The summed E-state index contributed by atoms with van der Waals surface area (Å²) in [6.07, 6.45) is 2.46. The van der Waals surface area contributed by atoms with Crippen molar-refractivity contribution in [1.82, 2.24) is 15.2 Å². The molecule has 0 radical (unpaired) electrons. The van der Waals surface area contributed by atoms with E-state index in [2.05, 4.69) is 10.3 Å². The van der Waals surface area contributed by atoms with Gasteiger partial charge in [-0.3, -0.25) is 19.2 Å². The van der Waals surface area contributed by atoms with Gasteiger partial charge < -0.3 is 19.7 Å². The van der Waals surface area contributed by atoms with Gasteiger partial charge in [-0.1, -0.05) is 34.6 Å². The summed E-state index contributed by atoms with van der Waals surface area (Å²) < 4.78 is 10.5. The molecular formula is C27H43N3O6S. The zero-order valence-corrected chi connectivity index (χ0v) is 24.2. The van der Waals surface area contributed by atoms with E-state index in [1.807, 2.05) is 34.6 Å². The number of methoxy groups -OCH3 is 1. The van der Waals surface area contributed by atoms with Crippen molar-refractivity contribution in [1.29, 1.82) is 0 Å². The van der Waals surface area contributed by atoms with Crippen molar-refractivity contribution in [2.75, 3.05) is 14.2 Å². The maximum atomic E-state index is 13.1. The standard InChI is InChI=1S/C27H43N3O6S/c1-15(2)17(5)26(33)30(7)22(16(3)4)13-23(36-18(6)31)25-29-21(14-37-25)24(32)28-20-11-9-19(10-12-20)27(34)35-8/h14-17,19-20,22-23H,9-13H2,1-8H3,(H,28,32)/t17-,19?,20?,22+,23+/m0/s1. The summed E-state index contributed by atoms with van der Waals surface area (Å²) in [4.78, 5) is 55.9. The van der Waals surface area contributed by atoms with Crippen LogP contribution in [0.15, 0.2) is 5.38 Å². The summed E-state index contributed by atoms with van der Waals surface area (Å²) in [5.41, 5.74) is 0.270. The van der Waals surface area contributed by atoms with E-state index in [4.69, 9.17) is 9.47 Å². The van der Waals surface area contributed by atoms with E-state index in [1.165, 1.54) is 25.4 Å². The molecule has 1 aliphatic rings. The number of hydrogen-bond acceptors (Lipinski definition) is 8. The summed E-state index contributed by atoms with van der Waals surface area (Å²) in [7, 11) is 3.19. The first-order chi connectivity index (χ1) is 17.3. The van der Waals surface area contributed by atoms with Crippen LogP contribution in [0, 0.1) is 23.7 Å². The predicted octanol–water partition coefficient (Wildman–Crippen LogP) is 4.37. The lowest BCUT2D eigenvalue weighted by atomic mass is 9.86. The van der Waals surface area contributed by atoms with E-state index < -0.39 is 12.1 Å². The second-order valence-corrected chi connectivity index (χ2v) is 11.6. The van der Waals surface area contributed by atoms with Crippen LogP contribution in [0.1, 0.15) is 95.2 Å². The third-order valence-corrected chi connectivity index (χ3v) is 8.33. The van der Waals surface area contributed by atoms with Gasteiger partial charge >= 0.3 is 11.9 Å². The molecule has 0 bridgehead atoms. The molecular weight excluding hydrogens is 494 g/mol. The summed E-state index contributed by atoms with van der Waals surface area (Å²) in [6.45, 7) is 11.4.